The normalized spacial score (nSPS) is 15.0. The summed E-state index contributed by atoms with van der Waals surface area (Å²) in [5.74, 6) is 1.33. The Kier molecular flexibility index (Phi) is 3.55. The number of anilines is 2. The van der Waals surface area contributed by atoms with E-state index in [4.69, 9.17) is 15.7 Å². The molecule has 7 heteroatoms. The third-order valence-electron chi connectivity index (χ3n) is 3.28. The fourth-order valence-electron chi connectivity index (χ4n) is 2.32. The van der Waals surface area contributed by atoms with Crippen LogP contribution >= 0.6 is 0 Å². The average Bonchev–Trinajstić information content (AvgIpc) is 2.76. The van der Waals surface area contributed by atoms with Gasteiger partial charge in [0.05, 0.1) is 24.1 Å². The second kappa shape index (κ2) is 5.66. The Balaban J connectivity index is 2.13. The van der Waals surface area contributed by atoms with Crippen LogP contribution < -0.4 is 15.4 Å². The van der Waals surface area contributed by atoms with E-state index in [9.17, 15) is 0 Å². The predicted octanol–water partition coefficient (Wildman–Crippen LogP) is 1.49. The summed E-state index contributed by atoms with van der Waals surface area (Å²) in [5.41, 5.74) is 7.16. The van der Waals surface area contributed by atoms with E-state index in [1.807, 2.05) is 29.2 Å². The summed E-state index contributed by atoms with van der Waals surface area (Å²) in [7, 11) is 0. The molecular formula is C14H15N5O2. The van der Waals surface area contributed by atoms with Crippen LogP contribution in [0.5, 0.6) is 5.75 Å². The molecule has 3 N–H and O–H groups in total. The molecule has 0 fully saturated rings. The van der Waals surface area contributed by atoms with Crippen molar-refractivity contribution in [2.45, 2.75) is 6.42 Å². The van der Waals surface area contributed by atoms with Crippen molar-refractivity contribution in [2.24, 2.45) is 10.9 Å². The summed E-state index contributed by atoms with van der Waals surface area (Å²) in [6, 6.07) is 9.38. The zero-order chi connectivity index (χ0) is 14.7. The zero-order valence-corrected chi connectivity index (χ0v) is 11.3. The highest BCUT2D eigenvalue weighted by Crippen LogP contribution is 2.35. The number of aromatic nitrogens is 2. The lowest BCUT2D eigenvalue weighted by Crippen LogP contribution is -2.24. The Labute approximate surface area is 121 Å². The lowest BCUT2D eigenvalue weighted by molar-refractivity contribution is 0.318. The number of oxime groups is 1. The standard InChI is InChI=1S/C14H15N5O2/c15-13(18-20)10-6-7-16-17-14(10)19-8-3-9-21-12-5-2-1-4-11(12)19/h1-2,4-7,20H,3,8-9H2,(H2,15,18). The van der Waals surface area contributed by atoms with Gasteiger partial charge in [-0.25, -0.2) is 0 Å². The molecule has 0 spiro atoms. The number of rotatable bonds is 2. The second-order valence-corrected chi connectivity index (χ2v) is 4.58. The molecule has 2 heterocycles. The molecule has 1 aliphatic rings. The Morgan fingerprint density at radius 3 is 3.05 bits per heavy atom. The van der Waals surface area contributed by atoms with Crippen LogP contribution in [-0.2, 0) is 0 Å². The second-order valence-electron chi connectivity index (χ2n) is 4.58. The predicted molar refractivity (Wildman–Crippen MR) is 78.1 cm³/mol. The van der Waals surface area contributed by atoms with Crippen LogP contribution in [0.2, 0.25) is 0 Å². The number of hydrogen-bond acceptors (Lipinski definition) is 6. The van der Waals surface area contributed by atoms with E-state index in [1.54, 1.807) is 6.07 Å². The van der Waals surface area contributed by atoms with Crippen LogP contribution in [0.3, 0.4) is 0 Å². The lowest BCUT2D eigenvalue weighted by atomic mass is 10.2. The van der Waals surface area contributed by atoms with E-state index >= 15 is 0 Å². The maximum Gasteiger partial charge on any atom is 0.173 e. The van der Waals surface area contributed by atoms with Crippen LogP contribution in [0.15, 0.2) is 41.7 Å². The van der Waals surface area contributed by atoms with Crippen molar-refractivity contribution in [3.05, 3.63) is 42.1 Å². The number of ether oxygens (including phenoxy) is 1. The van der Waals surface area contributed by atoms with Gasteiger partial charge in [0, 0.05) is 6.54 Å². The molecule has 3 rings (SSSR count). The number of nitrogens with zero attached hydrogens (tertiary/aromatic N) is 4. The highest BCUT2D eigenvalue weighted by Gasteiger charge is 2.22. The van der Waals surface area contributed by atoms with Crippen molar-refractivity contribution < 1.29 is 9.94 Å². The number of benzene rings is 1. The largest absolute Gasteiger partial charge is 0.491 e. The van der Waals surface area contributed by atoms with Gasteiger partial charge in [-0.2, -0.15) is 5.10 Å². The number of fused-ring (bicyclic) bond motifs is 1. The van der Waals surface area contributed by atoms with Crippen molar-refractivity contribution in [1.82, 2.24) is 10.2 Å². The summed E-state index contributed by atoms with van der Waals surface area (Å²) in [6.45, 7) is 1.34. The Hall–Kier alpha value is -2.83. The van der Waals surface area contributed by atoms with Crippen molar-refractivity contribution in [2.75, 3.05) is 18.1 Å². The minimum Gasteiger partial charge on any atom is -0.491 e. The van der Waals surface area contributed by atoms with Crippen molar-refractivity contribution >= 4 is 17.3 Å². The molecule has 1 aromatic heterocycles. The van der Waals surface area contributed by atoms with Gasteiger partial charge in [0.2, 0.25) is 0 Å². The minimum absolute atomic E-state index is 0.00236. The Morgan fingerprint density at radius 2 is 2.19 bits per heavy atom. The van der Waals surface area contributed by atoms with Gasteiger partial charge >= 0.3 is 0 Å². The first-order valence-corrected chi connectivity index (χ1v) is 6.60. The summed E-state index contributed by atoms with van der Waals surface area (Å²) in [5, 5.41) is 20.1. The summed E-state index contributed by atoms with van der Waals surface area (Å²) >= 11 is 0. The van der Waals surface area contributed by atoms with Crippen LogP contribution in [0.25, 0.3) is 0 Å². The number of nitrogens with two attached hydrogens (primary N) is 1. The average molecular weight is 285 g/mol. The van der Waals surface area contributed by atoms with E-state index < -0.39 is 0 Å². The first-order valence-electron chi connectivity index (χ1n) is 6.60. The number of hydrogen-bond donors (Lipinski definition) is 2. The molecule has 7 nitrogen and oxygen atoms in total. The highest BCUT2D eigenvalue weighted by molar-refractivity contribution is 6.02. The van der Waals surface area contributed by atoms with E-state index in [0.717, 1.165) is 17.9 Å². The van der Waals surface area contributed by atoms with Gasteiger partial charge in [0.25, 0.3) is 0 Å². The smallest absolute Gasteiger partial charge is 0.173 e. The maximum atomic E-state index is 8.93. The third kappa shape index (κ3) is 2.45. The molecule has 1 aliphatic heterocycles. The maximum absolute atomic E-state index is 8.93. The fourth-order valence-corrected chi connectivity index (χ4v) is 2.32. The Bertz CT molecular complexity index is 674. The van der Waals surface area contributed by atoms with Gasteiger partial charge in [-0.15, -0.1) is 5.10 Å². The first kappa shape index (κ1) is 13.2. The monoisotopic (exact) mass is 285 g/mol. The summed E-state index contributed by atoms with van der Waals surface area (Å²) in [4.78, 5) is 1.97. The molecule has 108 valence electrons. The van der Waals surface area contributed by atoms with Crippen LogP contribution in [0.1, 0.15) is 12.0 Å². The first-order chi connectivity index (χ1) is 10.3. The molecule has 0 atom stereocenters. The fraction of sp³-hybridized carbons (Fsp3) is 0.214. The zero-order valence-electron chi connectivity index (χ0n) is 11.3. The van der Waals surface area contributed by atoms with Gasteiger partial charge in [-0.05, 0) is 24.6 Å². The molecule has 0 radical (unpaired) electrons. The van der Waals surface area contributed by atoms with Gasteiger partial charge < -0.3 is 20.6 Å². The van der Waals surface area contributed by atoms with E-state index in [1.165, 1.54) is 6.20 Å². The molecular weight excluding hydrogens is 270 g/mol. The Morgan fingerprint density at radius 1 is 1.33 bits per heavy atom. The lowest BCUT2D eigenvalue weighted by Gasteiger charge is -2.23. The molecule has 0 amide bonds. The number of amidine groups is 1. The van der Waals surface area contributed by atoms with Gasteiger partial charge in [-0.3, -0.25) is 0 Å². The third-order valence-corrected chi connectivity index (χ3v) is 3.28. The highest BCUT2D eigenvalue weighted by atomic mass is 16.5. The van der Waals surface area contributed by atoms with Gasteiger partial charge in [0.15, 0.2) is 11.7 Å². The molecule has 21 heavy (non-hydrogen) atoms. The molecule has 0 aliphatic carbocycles. The molecule has 0 saturated carbocycles. The molecule has 0 unspecified atom stereocenters. The van der Waals surface area contributed by atoms with Crippen LogP contribution in [0, 0.1) is 0 Å². The quantitative estimate of drug-likeness (QED) is 0.375. The van der Waals surface area contributed by atoms with Crippen LogP contribution in [-0.4, -0.2) is 34.4 Å². The van der Waals surface area contributed by atoms with Crippen LogP contribution in [0.4, 0.5) is 11.5 Å². The van der Waals surface area contributed by atoms with Crippen molar-refractivity contribution in [3.63, 3.8) is 0 Å². The van der Waals surface area contributed by atoms with Crippen molar-refractivity contribution in [3.8, 4) is 5.75 Å². The molecule has 0 bridgehead atoms. The molecule has 2 aromatic rings. The van der Waals surface area contributed by atoms with E-state index in [0.29, 0.717) is 24.5 Å². The summed E-state index contributed by atoms with van der Waals surface area (Å²) < 4.78 is 5.73. The topological polar surface area (TPSA) is 96.9 Å². The molecule has 1 aromatic carbocycles. The van der Waals surface area contributed by atoms with E-state index in [2.05, 4.69) is 15.4 Å². The van der Waals surface area contributed by atoms with Crippen molar-refractivity contribution in [1.29, 1.82) is 0 Å². The van der Waals surface area contributed by atoms with Gasteiger partial charge in [-0.1, -0.05) is 17.3 Å². The molecule has 0 saturated heterocycles. The van der Waals surface area contributed by atoms with E-state index in [-0.39, 0.29) is 5.84 Å². The summed E-state index contributed by atoms with van der Waals surface area (Å²) in [6.07, 6.45) is 2.35. The number of para-hydroxylation sites is 2. The van der Waals surface area contributed by atoms with Gasteiger partial charge in [0.1, 0.15) is 5.75 Å². The minimum atomic E-state index is 0.00236. The SMILES string of the molecule is N/C(=N/O)c1ccnnc1N1CCCOc2ccccc21.